The highest BCUT2D eigenvalue weighted by atomic mass is 16.5. The average molecular weight is 514 g/mol. The first-order valence-electron chi connectivity index (χ1n) is 12.4. The van der Waals surface area contributed by atoms with Crippen molar-refractivity contribution >= 4 is 35.0 Å². The van der Waals surface area contributed by atoms with Crippen LogP contribution in [-0.4, -0.2) is 54.3 Å². The third-order valence-corrected chi connectivity index (χ3v) is 6.50. The van der Waals surface area contributed by atoms with E-state index in [2.05, 4.69) is 5.32 Å². The largest absolute Gasteiger partial charge is 0.492 e. The number of hydrogen-bond donors (Lipinski definition) is 1. The number of ether oxygens (including phenoxy) is 2. The Kier molecular flexibility index (Phi) is 6.83. The zero-order chi connectivity index (χ0) is 26.8. The van der Waals surface area contributed by atoms with Gasteiger partial charge in [0.05, 0.1) is 23.4 Å². The minimum atomic E-state index is -0.651. The fourth-order valence-corrected chi connectivity index (χ4v) is 4.48. The van der Waals surface area contributed by atoms with Crippen molar-refractivity contribution in [1.29, 1.82) is 0 Å². The second-order valence-electron chi connectivity index (χ2n) is 9.20. The number of amides is 4. The van der Waals surface area contributed by atoms with E-state index in [1.807, 2.05) is 31.2 Å². The number of nitrogens with one attached hydrogen (secondary N) is 1. The van der Waals surface area contributed by atoms with Crippen LogP contribution in [0.1, 0.15) is 39.6 Å². The first-order valence-corrected chi connectivity index (χ1v) is 12.4. The summed E-state index contributed by atoms with van der Waals surface area (Å²) >= 11 is 0. The summed E-state index contributed by atoms with van der Waals surface area (Å²) in [6, 6.07) is 19.3. The van der Waals surface area contributed by atoms with Crippen LogP contribution in [0.25, 0.3) is 0 Å². The maximum Gasteiger partial charge on any atom is 0.267 e. The van der Waals surface area contributed by atoms with Gasteiger partial charge in [0, 0.05) is 18.7 Å². The summed E-state index contributed by atoms with van der Waals surface area (Å²) in [5.41, 5.74) is 2.81. The normalized spacial score (nSPS) is 16.2. The number of fused-ring (bicyclic) bond motifs is 2. The molecule has 1 unspecified atom stereocenters. The van der Waals surface area contributed by atoms with Gasteiger partial charge >= 0.3 is 0 Å². The first-order chi connectivity index (χ1) is 18.3. The number of aryl methyl sites for hydroxylation is 1. The van der Waals surface area contributed by atoms with Gasteiger partial charge in [0.2, 0.25) is 5.91 Å². The molecule has 0 aliphatic carbocycles. The second kappa shape index (κ2) is 10.4. The molecule has 0 spiro atoms. The van der Waals surface area contributed by atoms with Gasteiger partial charge in [-0.05, 0) is 56.3 Å². The van der Waals surface area contributed by atoms with Crippen LogP contribution < -0.4 is 19.7 Å². The van der Waals surface area contributed by atoms with Gasteiger partial charge in [0.25, 0.3) is 17.7 Å². The van der Waals surface area contributed by atoms with Crippen molar-refractivity contribution in [1.82, 2.24) is 4.90 Å². The van der Waals surface area contributed by atoms with Crippen molar-refractivity contribution in [3.63, 3.8) is 0 Å². The highest BCUT2D eigenvalue weighted by Gasteiger charge is 2.35. The Balaban J connectivity index is 1.23. The van der Waals surface area contributed by atoms with Gasteiger partial charge < -0.3 is 19.7 Å². The predicted molar refractivity (Wildman–Crippen MR) is 141 cm³/mol. The van der Waals surface area contributed by atoms with Crippen LogP contribution in [0, 0.1) is 6.92 Å². The summed E-state index contributed by atoms with van der Waals surface area (Å²) in [5, 5.41) is 2.79. The highest BCUT2D eigenvalue weighted by Crippen LogP contribution is 2.36. The van der Waals surface area contributed by atoms with Crippen molar-refractivity contribution in [2.45, 2.75) is 26.4 Å². The average Bonchev–Trinajstić information content (AvgIpc) is 3.15. The molecule has 3 aromatic rings. The molecule has 3 aromatic carbocycles. The van der Waals surface area contributed by atoms with Gasteiger partial charge in [0.1, 0.15) is 18.1 Å². The topological polar surface area (TPSA) is 105 Å². The van der Waals surface area contributed by atoms with Gasteiger partial charge in [-0.15, -0.1) is 0 Å². The molecule has 0 aromatic heterocycles. The molecule has 0 fully saturated rings. The molecule has 0 saturated heterocycles. The van der Waals surface area contributed by atoms with Crippen molar-refractivity contribution in [2.75, 3.05) is 29.9 Å². The zero-order valence-corrected chi connectivity index (χ0v) is 21.1. The second-order valence-corrected chi connectivity index (χ2v) is 9.20. The smallest absolute Gasteiger partial charge is 0.267 e. The van der Waals surface area contributed by atoms with Crippen molar-refractivity contribution in [3.8, 4) is 11.5 Å². The molecule has 9 nitrogen and oxygen atoms in total. The molecule has 1 N–H and O–H groups in total. The van der Waals surface area contributed by atoms with Gasteiger partial charge in [-0.1, -0.05) is 29.8 Å². The van der Waals surface area contributed by atoms with Crippen LogP contribution in [0.5, 0.6) is 11.5 Å². The van der Waals surface area contributed by atoms with Crippen LogP contribution in [0.3, 0.4) is 0 Å². The first kappa shape index (κ1) is 25.0. The summed E-state index contributed by atoms with van der Waals surface area (Å²) in [7, 11) is 0. The summed E-state index contributed by atoms with van der Waals surface area (Å²) < 4.78 is 11.6. The predicted octanol–water partition coefficient (Wildman–Crippen LogP) is 3.81. The SMILES string of the molecule is Cc1ccc(OCCN2C(=O)C(C)Oc3ccc(NC(=O)CCN4C(=O)c5ccccc5C4=O)cc32)cc1. The van der Waals surface area contributed by atoms with E-state index in [-0.39, 0.29) is 31.4 Å². The van der Waals surface area contributed by atoms with Gasteiger partial charge in [-0.25, -0.2) is 0 Å². The summed E-state index contributed by atoms with van der Waals surface area (Å²) in [5.74, 6) is -0.146. The number of carbonyl (C=O) groups is 4. The number of nitrogens with zero attached hydrogens (tertiary/aromatic N) is 2. The lowest BCUT2D eigenvalue weighted by molar-refractivity contribution is -0.125. The molecular formula is C29H27N3O6. The molecule has 0 saturated carbocycles. The molecule has 4 amide bonds. The third-order valence-electron chi connectivity index (χ3n) is 6.50. The monoisotopic (exact) mass is 513 g/mol. The Morgan fingerprint density at radius 3 is 2.29 bits per heavy atom. The Labute approximate surface area is 219 Å². The summed E-state index contributed by atoms with van der Waals surface area (Å²) in [6.07, 6.45) is -0.717. The molecule has 194 valence electrons. The number of imide groups is 1. The minimum Gasteiger partial charge on any atom is -0.492 e. The van der Waals surface area contributed by atoms with E-state index >= 15 is 0 Å². The van der Waals surface area contributed by atoms with Crippen LogP contribution in [0.4, 0.5) is 11.4 Å². The fraction of sp³-hybridized carbons (Fsp3) is 0.241. The van der Waals surface area contributed by atoms with Gasteiger partial charge in [0.15, 0.2) is 6.10 Å². The molecule has 0 bridgehead atoms. The Morgan fingerprint density at radius 1 is 0.921 bits per heavy atom. The van der Waals surface area contributed by atoms with E-state index in [4.69, 9.17) is 9.47 Å². The van der Waals surface area contributed by atoms with E-state index in [1.54, 1.807) is 54.3 Å². The van der Waals surface area contributed by atoms with Crippen LogP contribution >= 0.6 is 0 Å². The lowest BCUT2D eigenvalue weighted by Gasteiger charge is -2.33. The summed E-state index contributed by atoms with van der Waals surface area (Å²) in [6.45, 7) is 4.22. The van der Waals surface area contributed by atoms with E-state index < -0.39 is 17.9 Å². The lowest BCUT2D eigenvalue weighted by atomic mass is 10.1. The molecule has 9 heteroatoms. The number of carbonyl (C=O) groups excluding carboxylic acids is 4. The maximum absolute atomic E-state index is 12.9. The Morgan fingerprint density at radius 2 is 1.61 bits per heavy atom. The lowest BCUT2D eigenvalue weighted by Crippen LogP contribution is -2.46. The molecule has 1 atom stereocenters. The van der Waals surface area contributed by atoms with Gasteiger partial charge in [-0.2, -0.15) is 0 Å². The van der Waals surface area contributed by atoms with Crippen LogP contribution in [0.15, 0.2) is 66.7 Å². The van der Waals surface area contributed by atoms with Gasteiger partial charge in [-0.3, -0.25) is 24.1 Å². The molecule has 2 heterocycles. The quantitative estimate of drug-likeness (QED) is 0.459. The fourth-order valence-electron chi connectivity index (χ4n) is 4.48. The highest BCUT2D eigenvalue weighted by molar-refractivity contribution is 6.21. The van der Waals surface area contributed by atoms with E-state index in [0.29, 0.717) is 40.5 Å². The van der Waals surface area contributed by atoms with Crippen molar-refractivity contribution in [2.24, 2.45) is 0 Å². The number of hydrogen-bond acceptors (Lipinski definition) is 6. The number of anilines is 2. The molecule has 38 heavy (non-hydrogen) atoms. The molecule has 2 aliphatic heterocycles. The number of rotatable bonds is 8. The van der Waals surface area contributed by atoms with Crippen molar-refractivity contribution in [3.05, 3.63) is 83.4 Å². The Hall–Kier alpha value is -4.66. The molecule has 0 radical (unpaired) electrons. The molecule has 2 aliphatic rings. The standard InChI is InChI=1S/C29H27N3O6/c1-18-7-10-21(11-8-18)37-16-15-31-24-17-20(9-12-25(24)38-19(2)27(31)34)30-26(33)13-14-32-28(35)22-5-3-4-6-23(22)29(32)36/h3-12,17,19H,13-16H2,1-2H3,(H,30,33). The van der Waals surface area contributed by atoms with E-state index in [9.17, 15) is 19.2 Å². The van der Waals surface area contributed by atoms with Crippen molar-refractivity contribution < 1.29 is 28.7 Å². The number of benzene rings is 3. The zero-order valence-electron chi connectivity index (χ0n) is 21.1. The minimum absolute atomic E-state index is 0.0370. The third kappa shape index (κ3) is 4.95. The maximum atomic E-state index is 12.9. The van der Waals surface area contributed by atoms with Crippen LogP contribution in [-0.2, 0) is 9.59 Å². The van der Waals surface area contributed by atoms with E-state index in [1.165, 1.54) is 0 Å². The summed E-state index contributed by atoms with van der Waals surface area (Å²) in [4.78, 5) is 53.3. The van der Waals surface area contributed by atoms with E-state index in [0.717, 1.165) is 10.5 Å². The molecule has 5 rings (SSSR count). The van der Waals surface area contributed by atoms with Crippen LogP contribution in [0.2, 0.25) is 0 Å². The molecular weight excluding hydrogens is 486 g/mol. The Bertz CT molecular complexity index is 1380.